The maximum absolute atomic E-state index is 10.6. The Morgan fingerprint density at radius 3 is 2.36 bits per heavy atom. The summed E-state index contributed by atoms with van der Waals surface area (Å²) in [6.07, 6.45) is 0. The Kier molecular flexibility index (Phi) is 4.07. The zero-order valence-corrected chi connectivity index (χ0v) is 7.43. The van der Waals surface area contributed by atoms with Gasteiger partial charge in [0.25, 0.3) is 0 Å². The second-order valence-corrected chi connectivity index (χ2v) is 2.64. The van der Waals surface area contributed by atoms with Crippen molar-refractivity contribution in [2.75, 3.05) is 20.8 Å². The molecule has 0 spiro atoms. The van der Waals surface area contributed by atoms with Crippen LogP contribution in [0.3, 0.4) is 0 Å². The second kappa shape index (κ2) is 4.31. The number of ether oxygens (including phenoxy) is 2. The average Bonchev–Trinajstić information content (AvgIpc) is 2.00. The molecule has 0 rings (SSSR count). The van der Waals surface area contributed by atoms with Crippen LogP contribution in [-0.2, 0) is 14.3 Å². The molecule has 0 bridgehead atoms. The molecule has 0 atom stereocenters. The van der Waals surface area contributed by atoms with E-state index in [9.17, 15) is 4.79 Å². The van der Waals surface area contributed by atoms with Gasteiger partial charge in [-0.1, -0.05) is 0 Å². The van der Waals surface area contributed by atoms with Crippen LogP contribution in [-0.4, -0.2) is 32.5 Å². The number of rotatable bonds is 4. The minimum atomic E-state index is -0.478. The summed E-state index contributed by atoms with van der Waals surface area (Å²) in [4.78, 5) is 10.6. The van der Waals surface area contributed by atoms with Gasteiger partial charge in [0, 0.05) is 7.11 Å². The minimum absolute atomic E-state index is 0.164. The summed E-state index contributed by atoms with van der Waals surface area (Å²) in [5.41, 5.74) is -0.478. The number of esters is 1. The summed E-state index contributed by atoms with van der Waals surface area (Å²) < 4.78 is 9.45. The van der Waals surface area contributed by atoms with Gasteiger partial charge in [-0.2, -0.15) is 0 Å². The normalized spacial score (nSPS) is 11.3. The number of hydrogen-bond donors (Lipinski definition) is 1. The number of nitrogens with one attached hydrogen (secondary N) is 1. The molecule has 0 fully saturated rings. The van der Waals surface area contributed by atoms with E-state index in [4.69, 9.17) is 4.74 Å². The molecular formula is C7H15NO3. The van der Waals surface area contributed by atoms with E-state index < -0.39 is 5.72 Å². The van der Waals surface area contributed by atoms with Crippen LogP contribution in [0.2, 0.25) is 0 Å². The third kappa shape index (κ3) is 4.75. The van der Waals surface area contributed by atoms with Crippen molar-refractivity contribution in [2.45, 2.75) is 19.6 Å². The lowest BCUT2D eigenvalue weighted by molar-refractivity contribution is -0.141. The number of carbonyl (C=O) groups excluding carboxylic acids is 1. The Morgan fingerprint density at radius 1 is 1.45 bits per heavy atom. The molecule has 0 heterocycles. The third-order valence-electron chi connectivity index (χ3n) is 1.40. The Labute approximate surface area is 66.9 Å². The molecule has 0 aliphatic carbocycles. The molecule has 0 saturated heterocycles. The Bertz CT molecular complexity index is 134. The Morgan fingerprint density at radius 2 is 2.00 bits per heavy atom. The highest BCUT2D eigenvalue weighted by Crippen LogP contribution is 2.00. The Hall–Kier alpha value is -0.610. The predicted molar refractivity (Wildman–Crippen MR) is 41.1 cm³/mol. The lowest BCUT2D eigenvalue weighted by Crippen LogP contribution is -2.43. The van der Waals surface area contributed by atoms with Crippen molar-refractivity contribution in [1.29, 1.82) is 0 Å². The van der Waals surface area contributed by atoms with Gasteiger partial charge in [0.05, 0.1) is 13.7 Å². The first kappa shape index (κ1) is 10.4. The zero-order chi connectivity index (χ0) is 8.91. The van der Waals surface area contributed by atoms with Crippen molar-refractivity contribution >= 4 is 5.97 Å². The van der Waals surface area contributed by atoms with E-state index in [1.807, 2.05) is 13.8 Å². The van der Waals surface area contributed by atoms with Crippen LogP contribution in [0, 0.1) is 0 Å². The van der Waals surface area contributed by atoms with Crippen molar-refractivity contribution in [3.63, 3.8) is 0 Å². The number of hydrogen-bond acceptors (Lipinski definition) is 4. The van der Waals surface area contributed by atoms with E-state index in [2.05, 4.69) is 10.1 Å². The highest BCUT2D eigenvalue weighted by Gasteiger charge is 2.16. The first-order valence-electron chi connectivity index (χ1n) is 3.39. The number of carbonyl (C=O) groups is 1. The molecule has 66 valence electrons. The van der Waals surface area contributed by atoms with E-state index >= 15 is 0 Å². The topological polar surface area (TPSA) is 47.6 Å². The van der Waals surface area contributed by atoms with Gasteiger partial charge in [-0.05, 0) is 13.8 Å². The molecule has 0 amide bonds. The summed E-state index contributed by atoms with van der Waals surface area (Å²) in [7, 11) is 2.92. The van der Waals surface area contributed by atoms with E-state index in [-0.39, 0.29) is 12.5 Å². The molecule has 0 saturated carbocycles. The van der Waals surface area contributed by atoms with Gasteiger partial charge in [-0.3, -0.25) is 10.1 Å². The lowest BCUT2D eigenvalue weighted by Gasteiger charge is -2.23. The Balaban J connectivity index is 3.61. The minimum Gasteiger partial charge on any atom is -0.468 e. The van der Waals surface area contributed by atoms with Gasteiger partial charge in [-0.25, -0.2) is 0 Å². The van der Waals surface area contributed by atoms with E-state index in [0.29, 0.717) is 0 Å². The molecule has 0 aromatic rings. The highest BCUT2D eigenvalue weighted by atomic mass is 16.5. The van der Waals surface area contributed by atoms with Gasteiger partial charge in [0.1, 0.15) is 5.72 Å². The van der Waals surface area contributed by atoms with Crippen LogP contribution in [0.5, 0.6) is 0 Å². The number of methoxy groups -OCH3 is 2. The largest absolute Gasteiger partial charge is 0.468 e. The van der Waals surface area contributed by atoms with Gasteiger partial charge in [0.2, 0.25) is 0 Å². The maximum Gasteiger partial charge on any atom is 0.319 e. The molecular weight excluding hydrogens is 146 g/mol. The highest BCUT2D eigenvalue weighted by molar-refractivity contribution is 5.71. The van der Waals surface area contributed by atoms with E-state index in [1.165, 1.54) is 7.11 Å². The van der Waals surface area contributed by atoms with Gasteiger partial charge >= 0.3 is 5.97 Å². The molecule has 4 heteroatoms. The molecule has 0 aliphatic rings. The summed E-state index contributed by atoms with van der Waals surface area (Å²) in [6, 6.07) is 0. The van der Waals surface area contributed by atoms with Crippen LogP contribution < -0.4 is 5.32 Å². The fourth-order valence-electron chi connectivity index (χ4n) is 0.429. The fourth-order valence-corrected chi connectivity index (χ4v) is 0.429. The summed E-state index contributed by atoms with van der Waals surface area (Å²) >= 11 is 0. The standard InChI is InChI=1S/C7H15NO3/c1-7(2,11-4)8-5-6(9)10-3/h8H,5H2,1-4H3. The van der Waals surface area contributed by atoms with Crippen LogP contribution in [0.15, 0.2) is 0 Å². The van der Waals surface area contributed by atoms with Crippen LogP contribution in [0.25, 0.3) is 0 Å². The van der Waals surface area contributed by atoms with Crippen molar-refractivity contribution in [3.05, 3.63) is 0 Å². The third-order valence-corrected chi connectivity index (χ3v) is 1.40. The SMILES string of the molecule is COC(=O)CNC(C)(C)OC. The predicted octanol–water partition coefficient (Wildman–Crippen LogP) is 0.131. The van der Waals surface area contributed by atoms with Crippen molar-refractivity contribution in [2.24, 2.45) is 0 Å². The van der Waals surface area contributed by atoms with E-state index in [0.717, 1.165) is 0 Å². The molecule has 0 aromatic heterocycles. The first-order valence-corrected chi connectivity index (χ1v) is 3.39. The zero-order valence-electron chi connectivity index (χ0n) is 7.43. The fraction of sp³-hybridized carbons (Fsp3) is 0.857. The first-order chi connectivity index (χ1) is 5.02. The van der Waals surface area contributed by atoms with Gasteiger partial charge in [0.15, 0.2) is 0 Å². The molecule has 4 nitrogen and oxygen atoms in total. The van der Waals surface area contributed by atoms with Gasteiger partial charge < -0.3 is 9.47 Å². The quantitative estimate of drug-likeness (QED) is 0.470. The molecule has 0 aromatic carbocycles. The second-order valence-electron chi connectivity index (χ2n) is 2.64. The average molecular weight is 161 g/mol. The van der Waals surface area contributed by atoms with Crippen molar-refractivity contribution in [3.8, 4) is 0 Å². The van der Waals surface area contributed by atoms with Crippen molar-refractivity contribution < 1.29 is 14.3 Å². The van der Waals surface area contributed by atoms with Crippen LogP contribution >= 0.6 is 0 Å². The van der Waals surface area contributed by atoms with Gasteiger partial charge in [-0.15, -0.1) is 0 Å². The summed E-state index contributed by atoms with van der Waals surface area (Å²) in [6.45, 7) is 3.82. The van der Waals surface area contributed by atoms with E-state index in [1.54, 1.807) is 7.11 Å². The monoisotopic (exact) mass is 161 g/mol. The van der Waals surface area contributed by atoms with Crippen LogP contribution in [0.1, 0.15) is 13.8 Å². The maximum atomic E-state index is 10.6. The smallest absolute Gasteiger partial charge is 0.319 e. The molecule has 11 heavy (non-hydrogen) atoms. The molecule has 0 unspecified atom stereocenters. The molecule has 1 N–H and O–H groups in total. The van der Waals surface area contributed by atoms with Crippen LogP contribution in [0.4, 0.5) is 0 Å². The summed E-state index contributed by atoms with van der Waals surface area (Å²) in [5, 5.41) is 2.86. The molecule has 0 aliphatic heterocycles. The lowest BCUT2D eigenvalue weighted by atomic mass is 10.3. The summed E-state index contributed by atoms with van der Waals surface area (Å²) in [5.74, 6) is -0.296. The van der Waals surface area contributed by atoms with Crippen molar-refractivity contribution in [1.82, 2.24) is 5.32 Å². The molecule has 0 radical (unpaired) electrons.